The van der Waals surface area contributed by atoms with Crippen LogP contribution in [0.5, 0.6) is 0 Å². The number of hydrogen-bond donors (Lipinski definition) is 1. The van der Waals surface area contributed by atoms with Crippen molar-refractivity contribution in [3.8, 4) is 17.6 Å². The van der Waals surface area contributed by atoms with E-state index in [0.717, 1.165) is 30.2 Å². The second-order valence-corrected chi connectivity index (χ2v) is 10.5. The minimum Gasteiger partial charge on any atom is -0.334 e. The van der Waals surface area contributed by atoms with E-state index in [9.17, 15) is 13.7 Å². The summed E-state index contributed by atoms with van der Waals surface area (Å²) >= 11 is 0. The van der Waals surface area contributed by atoms with Crippen LogP contribution in [0.4, 0.5) is 0 Å². The van der Waals surface area contributed by atoms with Crippen molar-refractivity contribution in [3.05, 3.63) is 41.7 Å². The van der Waals surface area contributed by atoms with Gasteiger partial charge in [0.05, 0.1) is 23.5 Å². The molecule has 2 aromatic heterocycles. The van der Waals surface area contributed by atoms with Crippen molar-refractivity contribution in [2.75, 3.05) is 0 Å². The maximum Gasteiger partial charge on any atom is 0.243 e. The third-order valence-corrected chi connectivity index (χ3v) is 7.40. The van der Waals surface area contributed by atoms with E-state index in [1.165, 1.54) is 18.0 Å². The van der Waals surface area contributed by atoms with Crippen LogP contribution >= 0.6 is 0 Å². The molecule has 0 radical (unpaired) electrons. The summed E-state index contributed by atoms with van der Waals surface area (Å²) in [7, 11) is -3.68. The number of aromatic nitrogens is 3. The summed E-state index contributed by atoms with van der Waals surface area (Å²) in [4.78, 5) is 8.78. The third-order valence-electron chi connectivity index (χ3n) is 5.79. The molecule has 2 heterocycles. The third kappa shape index (κ3) is 3.84. The zero-order valence-corrected chi connectivity index (χ0v) is 19.1. The zero-order chi connectivity index (χ0) is 22.3. The van der Waals surface area contributed by atoms with Gasteiger partial charge in [-0.05, 0) is 50.7 Å². The van der Waals surface area contributed by atoms with Crippen LogP contribution in [-0.2, 0) is 10.0 Å². The van der Waals surface area contributed by atoms with E-state index in [0.29, 0.717) is 23.0 Å². The molecule has 7 nitrogen and oxygen atoms in total. The molecule has 8 heteroatoms. The lowest BCUT2D eigenvalue weighted by atomic mass is 9.92. The predicted octanol–water partition coefficient (Wildman–Crippen LogP) is 4.51. The van der Waals surface area contributed by atoms with E-state index >= 15 is 0 Å². The van der Waals surface area contributed by atoms with Gasteiger partial charge in [-0.2, -0.15) is 5.26 Å². The summed E-state index contributed by atoms with van der Waals surface area (Å²) in [6.07, 6.45) is 5.86. The first-order valence-electron chi connectivity index (χ1n) is 10.7. The van der Waals surface area contributed by atoms with Crippen molar-refractivity contribution in [1.29, 1.82) is 5.26 Å². The normalized spacial score (nSPS) is 14.9. The second kappa shape index (κ2) is 8.06. The minimum absolute atomic E-state index is 0.0110. The lowest BCUT2D eigenvalue weighted by Crippen LogP contribution is -2.30. The highest BCUT2D eigenvalue weighted by atomic mass is 32.2. The molecule has 31 heavy (non-hydrogen) atoms. The molecular formula is C23H27N5O2S. The standard InChI is InChI=1S/C23H27N5O2S/c1-14(2)16-8-9-19-20(11-24)22(28(21(19)10-16)17-6-5-7-17)23-25-12-18(13-26-23)31(29,30)27-15(3)4/h8-10,12-15,17,27H,5-7H2,1-4H3. The quantitative estimate of drug-likeness (QED) is 0.612. The van der Waals surface area contributed by atoms with Crippen molar-refractivity contribution in [1.82, 2.24) is 19.3 Å². The first kappa shape index (κ1) is 21.5. The van der Waals surface area contributed by atoms with E-state index < -0.39 is 10.0 Å². The van der Waals surface area contributed by atoms with E-state index in [2.05, 4.69) is 51.3 Å². The number of sulfonamides is 1. The fourth-order valence-corrected chi connectivity index (χ4v) is 5.14. The molecule has 0 atom stereocenters. The summed E-state index contributed by atoms with van der Waals surface area (Å²) < 4.78 is 29.6. The minimum atomic E-state index is -3.68. The van der Waals surface area contributed by atoms with Crippen LogP contribution in [-0.4, -0.2) is 29.0 Å². The maximum atomic E-state index is 12.4. The first-order chi connectivity index (χ1) is 14.7. The molecule has 0 saturated heterocycles. The van der Waals surface area contributed by atoms with E-state index in [4.69, 9.17) is 0 Å². The van der Waals surface area contributed by atoms with Crippen molar-refractivity contribution in [2.45, 2.75) is 69.9 Å². The Morgan fingerprint density at radius 3 is 2.35 bits per heavy atom. The Hall–Kier alpha value is -2.76. The highest BCUT2D eigenvalue weighted by molar-refractivity contribution is 7.89. The Bertz CT molecular complexity index is 1260. The fraction of sp³-hybridized carbons (Fsp3) is 0.435. The molecule has 1 aromatic carbocycles. The number of rotatable bonds is 6. The number of nitrogens with zero attached hydrogens (tertiary/aromatic N) is 4. The Labute approximate surface area is 183 Å². The molecule has 162 valence electrons. The Kier molecular flexibility index (Phi) is 5.58. The van der Waals surface area contributed by atoms with Crippen LogP contribution in [0.3, 0.4) is 0 Å². The van der Waals surface area contributed by atoms with Gasteiger partial charge in [0.15, 0.2) is 5.82 Å². The lowest BCUT2D eigenvalue weighted by molar-refractivity contribution is 0.323. The van der Waals surface area contributed by atoms with Crippen molar-refractivity contribution >= 4 is 20.9 Å². The molecule has 1 fully saturated rings. The van der Waals surface area contributed by atoms with Gasteiger partial charge in [-0.15, -0.1) is 0 Å². The molecule has 1 aliphatic carbocycles. The summed E-state index contributed by atoms with van der Waals surface area (Å²) in [5.74, 6) is 0.742. The molecule has 0 aliphatic heterocycles. The molecule has 0 spiro atoms. The molecule has 1 aliphatic rings. The molecule has 1 N–H and O–H groups in total. The summed E-state index contributed by atoms with van der Waals surface area (Å²) in [6.45, 7) is 7.82. The number of nitrogens with one attached hydrogen (secondary N) is 1. The van der Waals surface area contributed by atoms with Gasteiger partial charge < -0.3 is 4.57 Å². The summed E-state index contributed by atoms with van der Waals surface area (Å²) in [5.41, 5.74) is 3.44. The monoisotopic (exact) mass is 437 g/mol. The second-order valence-electron chi connectivity index (χ2n) is 8.74. The number of hydrogen-bond acceptors (Lipinski definition) is 5. The van der Waals surface area contributed by atoms with Crippen LogP contribution in [0.1, 0.15) is 70.0 Å². The van der Waals surface area contributed by atoms with Crippen LogP contribution in [0.25, 0.3) is 22.4 Å². The van der Waals surface area contributed by atoms with Crippen LogP contribution in [0.15, 0.2) is 35.5 Å². The topological polar surface area (TPSA) is 101 Å². The molecule has 3 aromatic rings. The number of nitriles is 1. The zero-order valence-electron chi connectivity index (χ0n) is 18.3. The largest absolute Gasteiger partial charge is 0.334 e. The molecule has 1 saturated carbocycles. The van der Waals surface area contributed by atoms with Crippen LogP contribution in [0, 0.1) is 11.3 Å². The Balaban J connectivity index is 1.90. The molecule has 0 amide bonds. The molecule has 4 rings (SSSR count). The lowest BCUT2D eigenvalue weighted by Gasteiger charge is -2.30. The predicted molar refractivity (Wildman–Crippen MR) is 120 cm³/mol. The summed E-state index contributed by atoms with van der Waals surface area (Å²) in [5, 5.41) is 10.9. The van der Waals surface area contributed by atoms with Gasteiger partial charge in [0.1, 0.15) is 16.7 Å². The maximum absolute atomic E-state index is 12.4. The van der Waals surface area contributed by atoms with E-state index in [1.54, 1.807) is 13.8 Å². The van der Waals surface area contributed by atoms with Gasteiger partial charge in [0, 0.05) is 17.5 Å². The van der Waals surface area contributed by atoms with Gasteiger partial charge in [-0.25, -0.2) is 23.1 Å². The van der Waals surface area contributed by atoms with Crippen LogP contribution in [0.2, 0.25) is 0 Å². The molecular weight excluding hydrogens is 410 g/mol. The number of benzene rings is 1. The van der Waals surface area contributed by atoms with Crippen molar-refractivity contribution < 1.29 is 8.42 Å². The van der Waals surface area contributed by atoms with Gasteiger partial charge in [0.2, 0.25) is 10.0 Å². The highest BCUT2D eigenvalue weighted by Crippen LogP contribution is 2.42. The molecule has 0 unspecified atom stereocenters. The van der Waals surface area contributed by atoms with E-state index in [1.807, 2.05) is 6.07 Å². The van der Waals surface area contributed by atoms with E-state index in [-0.39, 0.29) is 17.0 Å². The van der Waals surface area contributed by atoms with Gasteiger partial charge in [-0.1, -0.05) is 26.0 Å². The van der Waals surface area contributed by atoms with Gasteiger partial charge in [-0.3, -0.25) is 0 Å². The Morgan fingerprint density at radius 2 is 1.84 bits per heavy atom. The fourth-order valence-electron chi connectivity index (χ4n) is 4.00. The smallest absolute Gasteiger partial charge is 0.243 e. The number of fused-ring (bicyclic) bond motifs is 1. The van der Waals surface area contributed by atoms with Crippen molar-refractivity contribution in [3.63, 3.8) is 0 Å². The SMILES string of the molecule is CC(C)NS(=O)(=O)c1cnc(-c2c(C#N)c3ccc(C(C)C)cc3n2C2CCC2)nc1. The van der Waals surface area contributed by atoms with Crippen molar-refractivity contribution in [2.24, 2.45) is 0 Å². The average Bonchev–Trinajstić information content (AvgIpc) is 2.99. The van der Waals surface area contributed by atoms with Gasteiger partial charge in [0.25, 0.3) is 0 Å². The average molecular weight is 438 g/mol. The highest BCUT2D eigenvalue weighted by Gasteiger charge is 2.29. The van der Waals surface area contributed by atoms with Crippen LogP contribution < -0.4 is 4.72 Å². The summed E-state index contributed by atoms with van der Waals surface area (Å²) in [6, 6.07) is 8.64. The molecule has 0 bridgehead atoms. The Morgan fingerprint density at radius 1 is 1.16 bits per heavy atom. The van der Waals surface area contributed by atoms with Gasteiger partial charge >= 0.3 is 0 Å². The first-order valence-corrected chi connectivity index (χ1v) is 12.1.